The average Bonchev–Trinajstić information content (AvgIpc) is 3.75. The molecule has 6 nitrogen and oxygen atoms in total. The highest BCUT2D eigenvalue weighted by Crippen LogP contribution is 2.41. The third-order valence-corrected chi connectivity index (χ3v) is 8.18. The molecule has 36 heavy (non-hydrogen) atoms. The van der Waals surface area contributed by atoms with E-state index < -0.39 is 0 Å². The largest absolute Gasteiger partial charge is 0.362 e. The smallest absolute Gasteiger partial charge is 0.270 e. The van der Waals surface area contributed by atoms with Crippen LogP contribution in [0.4, 0.5) is 15.9 Å². The first kappa shape index (κ1) is 24.5. The minimum absolute atomic E-state index is 0.0494. The highest BCUT2D eigenvalue weighted by atomic mass is 19.1. The normalized spacial score (nSPS) is 21.5. The minimum atomic E-state index is -0.106. The van der Waals surface area contributed by atoms with Gasteiger partial charge in [0.2, 0.25) is 5.52 Å². The number of aryl methyl sites for hydroxylation is 1. The van der Waals surface area contributed by atoms with E-state index in [2.05, 4.69) is 46.5 Å². The molecule has 1 saturated heterocycles. The fourth-order valence-electron chi connectivity index (χ4n) is 5.77. The molecule has 1 aliphatic carbocycles. The number of nitrogens with zero attached hydrogens (tertiary/aromatic N) is 5. The van der Waals surface area contributed by atoms with Crippen LogP contribution in [0.3, 0.4) is 0 Å². The molecule has 1 aliphatic heterocycles. The maximum atomic E-state index is 15.2. The van der Waals surface area contributed by atoms with E-state index in [1.807, 2.05) is 12.1 Å². The summed E-state index contributed by atoms with van der Waals surface area (Å²) in [6, 6.07) is 11.2. The first-order valence-electron chi connectivity index (χ1n) is 13.1. The summed E-state index contributed by atoms with van der Waals surface area (Å²) in [4.78, 5) is 25.7. The Morgan fingerprint density at radius 2 is 1.86 bits per heavy atom. The van der Waals surface area contributed by atoms with Gasteiger partial charge in [0, 0.05) is 49.9 Å². The fraction of sp³-hybridized carbons (Fsp3) is 0.483. The van der Waals surface area contributed by atoms with E-state index in [4.69, 9.17) is 6.57 Å². The molecule has 3 atom stereocenters. The van der Waals surface area contributed by atoms with E-state index in [1.165, 1.54) is 0 Å². The van der Waals surface area contributed by atoms with E-state index >= 15 is 4.39 Å². The predicted octanol–water partition coefficient (Wildman–Crippen LogP) is 5.94. The summed E-state index contributed by atoms with van der Waals surface area (Å²) in [6.45, 7) is 15.3. The molecule has 2 fully saturated rings. The van der Waals surface area contributed by atoms with Gasteiger partial charge in [-0.2, -0.15) is 0 Å². The highest BCUT2D eigenvalue weighted by molar-refractivity contribution is 5.89. The summed E-state index contributed by atoms with van der Waals surface area (Å²) in [5.74, 6) is 0.746. The van der Waals surface area contributed by atoms with Crippen LogP contribution < -0.4 is 10.5 Å². The van der Waals surface area contributed by atoms with Gasteiger partial charge in [-0.3, -0.25) is 9.69 Å². The van der Waals surface area contributed by atoms with Crippen molar-refractivity contribution in [3.8, 4) is 0 Å². The Labute approximate surface area is 212 Å². The quantitative estimate of drug-likeness (QED) is 0.404. The Morgan fingerprint density at radius 3 is 2.50 bits per heavy atom. The highest BCUT2D eigenvalue weighted by Gasteiger charge is 2.37. The van der Waals surface area contributed by atoms with E-state index in [0.717, 1.165) is 54.6 Å². The number of fused-ring (bicyclic) bond motifs is 1. The first-order valence-corrected chi connectivity index (χ1v) is 13.1. The average molecular weight is 488 g/mol. The van der Waals surface area contributed by atoms with Crippen molar-refractivity contribution in [2.75, 3.05) is 18.0 Å². The molecule has 1 unspecified atom stereocenters. The van der Waals surface area contributed by atoms with Gasteiger partial charge >= 0.3 is 0 Å². The molecule has 7 heteroatoms. The van der Waals surface area contributed by atoms with Gasteiger partial charge in [0.15, 0.2) is 0 Å². The van der Waals surface area contributed by atoms with E-state index in [-0.39, 0.29) is 29.5 Å². The molecule has 0 bridgehead atoms. The first-order chi connectivity index (χ1) is 17.4. The maximum Gasteiger partial charge on any atom is 0.270 e. The molecule has 0 N–H and O–H groups in total. The molecule has 2 aromatic heterocycles. The number of piperazine rings is 1. The Balaban J connectivity index is 1.50. The van der Waals surface area contributed by atoms with Crippen LogP contribution in [0, 0.1) is 12.4 Å². The number of pyridine rings is 2. The van der Waals surface area contributed by atoms with Crippen molar-refractivity contribution >= 4 is 22.5 Å². The Bertz CT molecular complexity index is 1390. The van der Waals surface area contributed by atoms with Gasteiger partial charge in [-0.05, 0) is 62.3 Å². The lowest BCUT2D eigenvalue weighted by Gasteiger charge is -2.49. The minimum Gasteiger partial charge on any atom is -0.362 e. The van der Waals surface area contributed by atoms with Crippen LogP contribution >= 0.6 is 0 Å². The Kier molecular flexibility index (Phi) is 6.57. The standard InChI is InChI=1S/C29H34FN5O/c1-6-21-17-35(26-15-28(36)33(5)25-12-13-27(31-4)32-29(25)26)22(7-2)16-34(21)18(3)23-11-10-20(14-24(23)30)19-8-9-19/h10-15,18-19,21-22H,6-9,16-17H2,1-3,5H3/t18?,21-,22+/m1/s1. The number of hydrogen-bond acceptors (Lipinski definition) is 4. The lowest BCUT2D eigenvalue weighted by atomic mass is 9.95. The van der Waals surface area contributed by atoms with Crippen LogP contribution in [0.15, 0.2) is 41.2 Å². The van der Waals surface area contributed by atoms with E-state index in [1.54, 1.807) is 29.8 Å². The lowest BCUT2D eigenvalue weighted by molar-refractivity contribution is 0.0993. The second-order valence-electron chi connectivity index (χ2n) is 10.3. The molecule has 1 saturated carbocycles. The van der Waals surface area contributed by atoms with Gasteiger partial charge in [0.1, 0.15) is 5.82 Å². The van der Waals surface area contributed by atoms with E-state index in [9.17, 15) is 4.79 Å². The molecular formula is C29H34FN5O. The summed E-state index contributed by atoms with van der Waals surface area (Å²) >= 11 is 0. The summed E-state index contributed by atoms with van der Waals surface area (Å²) < 4.78 is 16.8. The van der Waals surface area contributed by atoms with Crippen molar-refractivity contribution in [2.24, 2.45) is 7.05 Å². The van der Waals surface area contributed by atoms with Crippen molar-refractivity contribution in [1.29, 1.82) is 0 Å². The van der Waals surface area contributed by atoms with Crippen molar-refractivity contribution in [1.82, 2.24) is 14.5 Å². The van der Waals surface area contributed by atoms with Gasteiger partial charge in [0.25, 0.3) is 11.4 Å². The van der Waals surface area contributed by atoms with Crippen molar-refractivity contribution in [3.05, 3.63) is 75.1 Å². The molecule has 1 aromatic carbocycles. The molecule has 0 radical (unpaired) electrons. The molecule has 188 valence electrons. The summed E-state index contributed by atoms with van der Waals surface area (Å²) in [6.07, 6.45) is 4.11. The van der Waals surface area contributed by atoms with Crippen molar-refractivity contribution < 1.29 is 4.39 Å². The maximum absolute atomic E-state index is 15.2. The van der Waals surface area contributed by atoms with Crippen LogP contribution in [0.2, 0.25) is 0 Å². The van der Waals surface area contributed by atoms with Crippen LogP contribution in [-0.4, -0.2) is 39.6 Å². The molecule has 0 amide bonds. The predicted molar refractivity (Wildman–Crippen MR) is 142 cm³/mol. The number of anilines is 1. The van der Waals surface area contributed by atoms with Gasteiger partial charge in [-0.25, -0.2) is 4.39 Å². The number of rotatable bonds is 6. The number of aromatic nitrogens is 2. The SMILES string of the molecule is [C-]#[N+]c1ccc2c(n1)c(N1C[C@@H](CC)N(C(C)c3ccc(C4CC4)cc3F)C[C@@H]1CC)cc(=O)n2C. The van der Waals surface area contributed by atoms with Crippen molar-refractivity contribution in [2.45, 2.75) is 70.5 Å². The summed E-state index contributed by atoms with van der Waals surface area (Å²) in [7, 11) is 1.74. The zero-order valence-electron chi connectivity index (χ0n) is 21.5. The lowest BCUT2D eigenvalue weighted by Crippen LogP contribution is -2.59. The monoisotopic (exact) mass is 487 g/mol. The third kappa shape index (κ3) is 4.28. The van der Waals surface area contributed by atoms with E-state index in [0.29, 0.717) is 23.8 Å². The third-order valence-electron chi connectivity index (χ3n) is 8.18. The molecular weight excluding hydrogens is 453 g/mol. The second-order valence-corrected chi connectivity index (χ2v) is 10.3. The molecule has 2 aliphatic rings. The summed E-state index contributed by atoms with van der Waals surface area (Å²) in [5.41, 5.74) is 3.98. The number of benzene rings is 1. The molecule has 3 aromatic rings. The van der Waals surface area contributed by atoms with Crippen LogP contribution in [-0.2, 0) is 7.05 Å². The zero-order chi connectivity index (χ0) is 25.6. The Hall–Kier alpha value is -3.24. The van der Waals surface area contributed by atoms with Crippen LogP contribution in [0.25, 0.3) is 15.9 Å². The van der Waals surface area contributed by atoms with Crippen molar-refractivity contribution in [3.63, 3.8) is 0 Å². The van der Waals surface area contributed by atoms with Crippen LogP contribution in [0.5, 0.6) is 0 Å². The topological polar surface area (TPSA) is 45.7 Å². The van der Waals surface area contributed by atoms with Gasteiger partial charge in [-0.15, -0.1) is 4.98 Å². The van der Waals surface area contributed by atoms with Gasteiger partial charge in [0.05, 0.1) is 11.2 Å². The molecule has 5 rings (SSSR count). The zero-order valence-corrected chi connectivity index (χ0v) is 21.5. The van der Waals surface area contributed by atoms with Gasteiger partial charge in [-0.1, -0.05) is 32.6 Å². The fourth-order valence-corrected chi connectivity index (χ4v) is 5.77. The number of hydrogen-bond donors (Lipinski definition) is 0. The summed E-state index contributed by atoms with van der Waals surface area (Å²) in [5, 5.41) is 0. The van der Waals surface area contributed by atoms with Crippen LogP contribution in [0.1, 0.15) is 69.5 Å². The number of halogens is 1. The second kappa shape index (κ2) is 9.67. The van der Waals surface area contributed by atoms with Gasteiger partial charge < -0.3 is 14.3 Å². The molecule has 0 spiro atoms. The Morgan fingerprint density at radius 1 is 1.11 bits per heavy atom. The molecule has 3 heterocycles.